The van der Waals surface area contributed by atoms with E-state index in [4.69, 9.17) is 24.9 Å². The molecule has 1 aromatic carbocycles. The lowest BCUT2D eigenvalue weighted by Gasteiger charge is -2.33. The van der Waals surface area contributed by atoms with Gasteiger partial charge in [-0.15, -0.1) is 0 Å². The fourth-order valence-corrected chi connectivity index (χ4v) is 5.92. The summed E-state index contributed by atoms with van der Waals surface area (Å²) >= 11 is 0. The van der Waals surface area contributed by atoms with Crippen LogP contribution in [0.1, 0.15) is 40.5 Å². The summed E-state index contributed by atoms with van der Waals surface area (Å²) in [7, 11) is 3.02. The van der Waals surface area contributed by atoms with Gasteiger partial charge in [0.15, 0.2) is 6.10 Å². The predicted octanol–water partition coefficient (Wildman–Crippen LogP) is 4.18. The zero-order valence-electron chi connectivity index (χ0n) is 26.6. The van der Waals surface area contributed by atoms with Gasteiger partial charge in [0.1, 0.15) is 12.2 Å². The molecule has 7 atom stereocenters. The number of methoxy groups -OCH3 is 2. The molecule has 0 spiro atoms. The smallest absolute Gasteiger partial charge is 0.405 e. The number of amides is 2. The number of carbonyl (C=O) groups is 2. The number of para-hydroxylation sites is 2. The van der Waals surface area contributed by atoms with Crippen molar-refractivity contribution in [2.75, 3.05) is 19.5 Å². The van der Waals surface area contributed by atoms with Gasteiger partial charge in [-0.3, -0.25) is 4.79 Å². The molecule has 2 aliphatic heterocycles. The number of aliphatic imine (C=N–C) groups is 1. The quantitative estimate of drug-likeness (QED) is 0.314. The number of fused-ring (bicyclic) bond motifs is 4. The number of ether oxygens (including phenoxy) is 3. The van der Waals surface area contributed by atoms with E-state index in [2.05, 4.69) is 10.6 Å². The molecule has 0 radical (unpaired) electrons. The van der Waals surface area contributed by atoms with Gasteiger partial charge in [-0.1, -0.05) is 50.3 Å². The van der Waals surface area contributed by atoms with Gasteiger partial charge in [0.2, 0.25) is 0 Å². The van der Waals surface area contributed by atoms with Crippen LogP contribution in [-0.2, 0) is 19.0 Å². The maximum absolute atomic E-state index is 13.3. The number of hydrogen-bond donors (Lipinski definition) is 5. The highest BCUT2D eigenvalue weighted by Gasteiger charge is 2.34. The fourth-order valence-electron chi connectivity index (χ4n) is 5.92. The number of primary amides is 1. The molecule has 6 N–H and O–H groups in total. The topological polar surface area (TPSA) is 165 Å². The molecule has 11 nitrogen and oxygen atoms in total. The first-order chi connectivity index (χ1) is 21.4. The van der Waals surface area contributed by atoms with Crippen molar-refractivity contribution in [3.63, 3.8) is 0 Å². The minimum atomic E-state index is -1.10. The maximum Gasteiger partial charge on any atom is 0.405 e. The summed E-state index contributed by atoms with van der Waals surface area (Å²) in [5.74, 6) is -0.846. The van der Waals surface area contributed by atoms with E-state index in [1.54, 1.807) is 45.3 Å². The molecule has 3 aliphatic rings. The normalized spacial score (nSPS) is 32.6. The fraction of sp³-hybridized carbons (Fsp3) is 0.441. The summed E-state index contributed by atoms with van der Waals surface area (Å²) in [6.07, 6.45) is 4.16. The van der Waals surface area contributed by atoms with Crippen molar-refractivity contribution < 1.29 is 34.0 Å². The Balaban J connectivity index is 1.78. The predicted molar refractivity (Wildman–Crippen MR) is 173 cm³/mol. The summed E-state index contributed by atoms with van der Waals surface area (Å²) in [5.41, 5.74) is 10.2. The molecule has 0 fully saturated rings. The van der Waals surface area contributed by atoms with Crippen molar-refractivity contribution in [3.05, 3.63) is 82.8 Å². The first-order valence-electron chi connectivity index (χ1n) is 15.1. The Kier molecular flexibility index (Phi) is 11.2. The number of nitrogens with two attached hydrogens (primary N) is 1. The maximum atomic E-state index is 13.3. The summed E-state index contributed by atoms with van der Waals surface area (Å²) in [6.45, 7) is 7.30. The highest BCUT2D eigenvalue weighted by molar-refractivity contribution is 6.16. The van der Waals surface area contributed by atoms with E-state index in [9.17, 15) is 19.8 Å². The Bertz CT molecular complexity index is 1470. The van der Waals surface area contributed by atoms with E-state index < -0.39 is 42.5 Å². The molecule has 2 bridgehead atoms. The third kappa shape index (κ3) is 7.98. The molecule has 2 unspecified atom stereocenters. The molecule has 0 saturated carbocycles. The lowest BCUT2D eigenvalue weighted by molar-refractivity contribution is -0.117. The molecule has 1 aliphatic carbocycles. The SMILES string of the molecule is CO[C@H]1/C=C\C=C(/C)C(=O)NC2=CC3=Nc4ccccc4NC3=C(C[C@@H](C)C[C@H](OC)[C@H](O)[C@@H](C)/C=C(\C)C1OC(N)=O)C2O. The highest BCUT2D eigenvalue weighted by atomic mass is 16.6. The Hall–Kier alpha value is -4.03. The van der Waals surface area contributed by atoms with Gasteiger partial charge in [-0.2, -0.15) is 0 Å². The molecule has 4 rings (SSSR count). The summed E-state index contributed by atoms with van der Waals surface area (Å²) < 4.78 is 16.8. The molecule has 242 valence electrons. The van der Waals surface area contributed by atoms with E-state index in [1.807, 2.05) is 44.2 Å². The van der Waals surface area contributed by atoms with E-state index in [0.717, 1.165) is 11.4 Å². The molecular formula is C34H44N4O7. The van der Waals surface area contributed by atoms with Crippen LogP contribution in [0.2, 0.25) is 0 Å². The number of nitrogens with zero attached hydrogens (tertiary/aromatic N) is 1. The number of anilines is 1. The minimum Gasteiger partial charge on any atom is -0.439 e. The number of aliphatic hydroxyl groups is 2. The van der Waals surface area contributed by atoms with Crippen molar-refractivity contribution >= 4 is 29.1 Å². The average molecular weight is 621 g/mol. The van der Waals surface area contributed by atoms with Crippen molar-refractivity contribution in [2.24, 2.45) is 22.6 Å². The van der Waals surface area contributed by atoms with Crippen molar-refractivity contribution in [2.45, 2.75) is 71.1 Å². The van der Waals surface area contributed by atoms with Crippen molar-refractivity contribution in [1.29, 1.82) is 0 Å². The first kappa shape index (κ1) is 33.9. The zero-order chi connectivity index (χ0) is 32.8. The van der Waals surface area contributed by atoms with Gasteiger partial charge < -0.3 is 40.8 Å². The molecule has 2 heterocycles. The van der Waals surface area contributed by atoms with Crippen molar-refractivity contribution in [3.8, 4) is 0 Å². The van der Waals surface area contributed by atoms with Crippen LogP contribution in [0.5, 0.6) is 0 Å². The molecule has 0 saturated heterocycles. The van der Waals surface area contributed by atoms with Crippen LogP contribution in [0.3, 0.4) is 0 Å². The molecular weight excluding hydrogens is 576 g/mol. The van der Waals surface area contributed by atoms with Crippen molar-refractivity contribution in [1.82, 2.24) is 5.32 Å². The standard InChI is InChI=1S/C34H44N4O7/c1-18-14-22-29-25(36-23-11-7-8-12-24(23)37-29)17-26(31(22)40)38-33(41)19(2)10-9-13-27(43-5)32(45-34(35)42)21(4)16-20(3)30(39)28(15-18)44-6/h7-13,16-18,20,27-28,30-32,37,39-40H,14-15H2,1-6H3,(H2,35,42)(H,38,41)/b13-9-,19-10+,21-16+/t18-,20+,27+,28+,30-,31?,32?/m1/s1. The molecule has 0 aromatic heterocycles. The summed E-state index contributed by atoms with van der Waals surface area (Å²) in [4.78, 5) is 29.9. The van der Waals surface area contributed by atoms with E-state index >= 15 is 0 Å². The van der Waals surface area contributed by atoms with E-state index in [-0.39, 0.29) is 11.8 Å². The van der Waals surface area contributed by atoms with Crippen LogP contribution in [0, 0.1) is 11.8 Å². The number of carbonyl (C=O) groups excluding carboxylic acids is 2. The Morgan fingerprint density at radius 2 is 1.82 bits per heavy atom. The second kappa shape index (κ2) is 14.8. The van der Waals surface area contributed by atoms with Crippen LogP contribution in [0.25, 0.3) is 0 Å². The van der Waals surface area contributed by atoms with Crippen LogP contribution in [0.15, 0.2) is 87.8 Å². The number of nitrogens with one attached hydrogen (secondary N) is 2. The van der Waals surface area contributed by atoms with Crippen LogP contribution in [0.4, 0.5) is 16.2 Å². The second-order valence-electron chi connectivity index (χ2n) is 11.9. The number of allylic oxidation sites excluding steroid dienone is 3. The number of hydrogen-bond acceptors (Lipinski definition) is 9. The first-order valence-corrected chi connectivity index (χ1v) is 15.1. The second-order valence-corrected chi connectivity index (χ2v) is 11.9. The van der Waals surface area contributed by atoms with Gasteiger partial charge >= 0.3 is 6.09 Å². The van der Waals surface area contributed by atoms with E-state index in [1.165, 1.54) is 7.11 Å². The zero-order valence-corrected chi connectivity index (χ0v) is 26.6. The Labute approximate surface area is 264 Å². The molecule has 45 heavy (non-hydrogen) atoms. The average Bonchev–Trinajstić information content (AvgIpc) is 3.01. The van der Waals surface area contributed by atoms with Gasteiger partial charge in [0, 0.05) is 25.7 Å². The van der Waals surface area contributed by atoms with E-state index in [0.29, 0.717) is 46.7 Å². The lowest BCUT2D eigenvalue weighted by atomic mass is 9.84. The monoisotopic (exact) mass is 620 g/mol. The van der Waals surface area contributed by atoms with Gasteiger partial charge in [-0.05, 0) is 62.0 Å². The lowest BCUT2D eigenvalue weighted by Crippen LogP contribution is -2.38. The summed E-state index contributed by atoms with van der Waals surface area (Å²) in [5, 5.41) is 29.3. The number of rotatable bonds is 3. The van der Waals surface area contributed by atoms with Crippen LogP contribution < -0.4 is 16.4 Å². The Morgan fingerprint density at radius 3 is 2.51 bits per heavy atom. The molecule has 11 heteroatoms. The van der Waals surface area contributed by atoms with Crippen LogP contribution in [-0.4, -0.2) is 72.7 Å². The number of aliphatic hydroxyl groups excluding tert-OH is 2. The Morgan fingerprint density at radius 1 is 1.09 bits per heavy atom. The minimum absolute atomic E-state index is 0.0500. The van der Waals surface area contributed by atoms with Gasteiger partial charge in [0.05, 0.1) is 40.7 Å². The molecule has 2 amide bonds. The largest absolute Gasteiger partial charge is 0.439 e. The number of benzene rings is 1. The third-order valence-corrected chi connectivity index (χ3v) is 8.38. The van der Waals surface area contributed by atoms with Gasteiger partial charge in [-0.25, -0.2) is 9.79 Å². The van der Waals surface area contributed by atoms with Crippen LogP contribution >= 0.6 is 0 Å². The highest BCUT2D eigenvalue weighted by Crippen LogP contribution is 2.38. The third-order valence-electron chi connectivity index (χ3n) is 8.38. The van der Waals surface area contributed by atoms with Gasteiger partial charge in [0.25, 0.3) is 5.91 Å². The molecule has 1 aromatic rings. The summed E-state index contributed by atoms with van der Waals surface area (Å²) in [6, 6.07) is 7.63.